The van der Waals surface area contributed by atoms with Crippen molar-refractivity contribution in [2.75, 3.05) is 12.5 Å². The molecule has 1 atom stereocenters. The van der Waals surface area contributed by atoms with Crippen LogP contribution in [0.2, 0.25) is 0 Å². The number of hydrogen-bond donors (Lipinski definition) is 1. The Morgan fingerprint density at radius 1 is 1.06 bits per heavy atom. The highest BCUT2D eigenvalue weighted by Gasteiger charge is 2.35. The number of Topliss-reactive ketones (excluding diaryl/α,β-unsaturated/α-hetero) is 1. The van der Waals surface area contributed by atoms with Crippen molar-refractivity contribution in [2.24, 2.45) is 11.8 Å². The van der Waals surface area contributed by atoms with Crippen molar-refractivity contribution < 1.29 is 42.2 Å². The van der Waals surface area contributed by atoms with E-state index in [1.807, 2.05) is 0 Å². The van der Waals surface area contributed by atoms with Gasteiger partial charge in [0.2, 0.25) is 6.79 Å². The molecule has 0 unspecified atom stereocenters. The van der Waals surface area contributed by atoms with Crippen molar-refractivity contribution in [2.45, 2.75) is 52.4 Å². The molecule has 0 aliphatic rings. The van der Waals surface area contributed by atoms with Crippen molar-refractivity contribution >= 4 is 47.4 Å². The van der Waals surface area contributed by atoms with Crippen LogP contribution in [0.15, 0.2) is 13.6 Å². The average molecular weight is 479 g/mol. The Hall–Kier alpha value is -2.21. The van der Waals surface area contributed by atoms with Gasteiger partial charge in [-0.05, 0) is 32.5 Å². The maximum Gasteiger partial charge on any atom is 0.519 e. The van der Waals surface area contributed by atoms with E-state index in [-0.39, 0.29) is 36.2 Å². The molecule has 0 N–H and O–H groups in total. The lowest BCUT2D eigenvalue weighted by Gasteiger charge is -2.23. The van der Waals surface area contributed by atoms with Gasteiger partial charge < -0.3 is 23.0 Å². The number of aryl methyl sites for hydroxylation is 1. The summed E-state index contributed by atoms with van der Waals surface area (Å²) >= 11 is 4.70. The van der Waals surface area contributed by atoms with Crippen LogP contribution in [-0.4, -0.2) is 40.3 Å². The van der Waals surface area contributed by atoms with E-state index in [0.717, 1.165) is 0 Å². The molecule has 0 aliphatic carbocycles. The number of thioether (sulfide) groups is 1. The Morgan fingerprint density at radius 3 is 2.19 bits per heavy atom. The number of esters is 2. The van der Waals surface area contributed by atoms with E-state index in [1.165, 1.54) is 20.8 Å². The van der Waals surface area contributed by atoms with Gasteiger partial charge in [-0.2, -0.15) is 12.6 Å². The highest BCUT2D eigenvalue weighted by Crippen LogP contribution is 2.30. The minimum Gasteiger partial charge on any atom is -0.449 e. The van der Waals surface area contributed by atoms with E-state index in [1.54, 1.807) is 13.8 Å². The van der Waals surface area contributed by atoms with Crippen LogP contribution in [0.3, 0.4) is 0 Å². The second kappa shape index (κ2) is 12.0. The van der Waals surface area contributed by atoms with E-state index in [0.29, 0.717) is 11.8 Å². The van der Waals surface area contributed by atoms with E-state index in [2.05, 4.69) is 17.0 Å². The number of carbonyl (C=O) groups excluding carboxylic acids is 4. The summed E-state index contributed by atoms with van der Waals surface area (Å²) in [6.45, 7) is 6.89. The Balaban J connectivity index is 2.56. The van der Waals surface area contributed by atoms with E-state index >= 15 is 0 Å². The van der Waals surface area contributed by atoms with Crippen LogP contribution in [0, 0.1) is 18.8 Å². The second-order valence-corrected chi connectivity index (χ2v) is 9.21. The molecule has 0 saturated carbocycles. The predicted octanol–water partition coefficient (Wildman–Crippen LogP) is 2.89. The first-order valence-corrected chi connectivity index (χ1v) is 10.7. The first-order valence-electron chi connectivity index (χ1n) is 9.30. The van der Waals surface area contributed by atoms with Crippen LogP contribution < -0.4 is 5.82 Å². The molecular weight excluding hydrogens is 452 g/mol. The van der Waals surface area contributed by atoms with Gasteiger partial charge in [0, 0.05) is 12.2 Å². The van der Waals surface area contributed by atoms with Crippen LogP contribution in [-0.2, 0) is 35.2 Å². The van der Waals surface area contributed by atoms with Crippen LogP contribution in [0.25, 0.3) is 0 Å². The number of rotatable bonds is 11. The zero-order valence-corrected chi connectivity index (χ0v) is 19.6. The molecule has 1 aromatic heterocycles. The molecule has 1 rings (SSSR count). The number of carbonyl (C=O) groups is 4. The third-order valence-corrected chi connectivity index (χ3v) is 5.49. The molecule has 12 heteroatoms. The molecule has 31 heavy (non-hydrogen) atoms. The smallest absolute Gasteiger partial charge is 0.449 e. The van der Waals surface area contributed by atoms with Crippen molar-refractivity contribution in [1.82, 2.24) is 0 Å². The fourth-order valence-corrected chi connectivity index (χ4v) is 3.06. The van der Waals surface area contributed by atoms with Gasteiger partial charge in [0.05, 0.1) is 16.6 Å². The van der Waals surface area contributed by atoms with Gasteiger partial charge >= 0.3 is 23.1 Å². The SMILES string of the molecule is Cc1oc(=O)oc1COC(=O)SC(C)(C)C(=O)C[C@@H](CS)C(=O)OCOC(=O)C(C)C. The second-order valence-electron chi connectivity index (χ2n) is 7.29. The predicted molar refractivity (Wildman–Crippen MR) is 113 cm³/mol. The molecule has 0 aliphatic heterocycles. The quantitative estimate of drug-likeness (QED) is 0.285. The monoisotopic (exact) mass is 478 g/mol. The van der Waals surface area contributed by atoms with Gasteiger partial charge in [0.15, 0.2) is 18.1 Å². The maximum atomic E-state index is 12.6. The van der Waals surface area contributed by atoms with Crippen LogP contribution in [0.1, 0.15) is 45.6 Å². The van der Waals surface area contributed by atoms with Crippen molar-refractivity contribution in [1.29, 1.82) is 0 Å². The number of thiol groups is 1. The fourth-order valence-electron chi connectivity index (χ4n) is 2.05. The van der Waals surface area contributed by atoms with E-state index in [4.69, 9.17) is 18.6 Å². The molecule has 0 radical (unpaired) electrons. The Bertz CT molecular complexity index is 852. The zero-order valence-electron chi connectivity index (χ0n) is 17.9. The molecule has 1 heterocycles. The molecule has 0 spiro atoms. The molecule has 10 nitrogen and oxygen atoms in total. The normalized spacial score (nSPS) is 12.4. The van der Waals surface area contributed by atoms with Crippen molar-refractivity contribution in [3.63, 3.8) is 0 Å². The Labute approximate surface area is 188 Å². The summed E-state index contributed by atoms with van der Waals surface area (Å²) in [5, 5.41) is -0.771. The summed E-state index contributed by atoms with van der Waals surface area (Å²) < 4.78 is 22.8. The first kappa shape index (κ1) is 26.8. The summed E-state index contributed by atoms with van der Waals surface area (Å²) in [7, 11) is 0. The van der Waals surface area contributed by atoms with Gasteiger partial charge in [-0.25, -0.2) is 9.59 Å². The lowest BCUT2D eigenvalue weighted by Crippen LogP contribution is -2.34. The van der Waals surface area contributed by atoms with Crippen LogP contribution >= 0.6 is 24.4 Å². The zero-order chi connectivity index (χ0) is 23.8. The number of ketones is 1. The topological polar surface area (TPSA) is 139 Å². The average Bonchev–Trinajstić information content (AvgIpc) is 3.00. The van der Waals surface area contributed by atoms with Gasteiger partial charge in [-0.3, -0.25) is 14.4 Å². The highest BCUT2D eigenvalue weighted by atomic mass is 32.2. The largest absolute Gasteiger partial charge is 0.519 e. The minimum absolute atomic E-state index is 0.0205. The summed E-state index contributed by atoms with van der Waals surface area (Å²) in [4.78, 5) is 59.3. The van der Waals surface area contributed by atoms with Gasteiger partial charge in [-0.15, -0.1) is 0 Å². The first-order chi connectivity index (χ1) is 14.4. The molecular formula is C19H26O10S2. The molecule has 0 fully saturated rings. The number of hydrogen-bond acceptors (Lipinski definition) is 12. The highest BCUT2D eigenvalue weighted by molar-refractivity contribution is 8.15. The fraction of sp³-hybridized carbons (Fsp3) is 0.632. The summed E-state index contributed by atoms with van der Waals surface area (Å²) in [6, 6.07) is 0. The summed E-state index contributed by atoms with van der Waals surface area (Å²) in [6.07, 6.45) is -0.233. The molecule has 0 amide bonds. The summed E-state index contributed by atoms with van der Waals surface area (Å²) in [5.74, 6) is -3.55. The van der Waals surface area contributed by atoms with Crippen molar-refractivity contribution in [3.05, 3.63) is 22.1 Å². The molecule has 0 aromatic carbocycles. The number of ether oxygens (including phenoxy) is 3. The van der Waals surface area contributed by atoms with Crippen molar-refractivity contribution in [3.8, 4) is 0 Å². The van der Waals surface area contributed by atoms with E-state index < -0.39 is 46.3 Å². The van der Waals surface area contributed by atoms with Gasteiger partial charge in [0.1, 0.15) is 5.78 Å². The molecule has 1 aromatic rings. The Morgan fingerprint density at radius 2 is 1.68 bits per heavy atom. The van der Waals surface area contributed by atoms with Crippen LogP contribution in [0.4, 0.5) is 4.79 Å². The minimum atomic E-state index is -1.21. The summed E-state index contributed by atoms with van der Waals surface area (Å²) in [5.41, 5.74) is 0. The third kappa shape index (κ3) is 8.82. The van der Waals surface area contributed by atoms with Gasteiger partial charge in [-0.1, -0.05) is 13.8 Å². The van der Waals surface area contributed by atoms with E-state index in [9.17, 15) is 24.0 Å². The van der Waals surface area contributed by atoms with Crippen LogP contribution in [0.5, 0.6) is 0 Å². The van der Waals surface area contributed by atoms with Gasteiger partial charge in [0.25, 0.3) is 0 Å². The molecule has 174 valence electrons. The third-order valence-electron chi connectivity index (χ3n) is 4.03. The lowest BCUT2D eigenvalue weighted by molar-refractivity contribution is -0.172. The lowest BCUT2D eigenvalue weighted by atomic mass is 9.97. The maximum absolute atomic E-state index is 12.6. The molecule has 0 bridgehead atoms. The standard InChI is InChI=1S/C19H26O10S2/c1-10(2)15(21)26-9-27-16(22)12(8-30)6-14(20)19(4,5)31-18(24)25-7-13-11(3)28-17(23)29-13/h10,12,30H,6-9H2,1-5H3/t12-/m0/s1. The Kier molecular flexibility index (Phi) is 10.4. The molecule has 0 saturated heterocycles.